The van der Waals surface area contributed by atoms with Gasteiger partial charge in [-0.2, -0.15) is 9.78 Å². The number of halogens is 1. The van der Waals surface area contributed by atoms with Crippen LogP contribution < -0.4 is 25.4 Å². The fourth-order valence-electron chi connectivity index (χ4n) is 4.64. The number of fused-ring (bicyclic) bond motifs is 1. The molecular formula is C32H27BrN8O5. The molecule has 0 aliphatic heterocycles. The lowest BCUT2D eigenvalue weighted by Crippen LogP contribution is -2.21. The van der Waals surface area contributed by atoms with Gasteiger partial charge in [-0.1, -0.05) is 65.9 Å². The molecule has 0 spiro atoms. The number of hydrogen-bond donors (Lipinski definition) is 2. The predicted octanol–water partition coefficient (Wildman–Crippen LogP) is 5.47. The number of carbonyl (C=O) groups excluding carboxylic acids is 1. The van der Waals surface area contributed by atoms with Crippen LogP contribution in [0.3, 0.4) is 0 Å². The number of para-hydroxylation sites is 1. The van der Waals surface area contributed by atoms with Crippen molar-refractivity contribution in [3.05, 3.63) is 112 Å². The zero-order valence-electron chi connectivity index (χ0n) is 24.5. The fourth-order valence-corrected chi connectivity index (χ4v) is 5.21. The molecule has 6 aromatic rings. The van der Waals surface area contributed by atoms with E-state index in [2.05, 4.69) is 65.3 Å². The molecule has 14 heteroatoms. The Hall–Kier alpha value is -5.76. The molecule has 0 saturated carbocycles. The van der Waals surface area contributed by atoms with Gasteiger partial charge in [0.1, 0.15) is 24.7 Å². The average Bonchev–Trinajstić information content (AvgIpc) is 3.69. The Kier molecular flexibility index (Phi) is 9.15. The van der Waals surface area contributed by atoms with Crippen molar-refractivity contribution in [1.82, 2.24) is 30.7 Å². The molecule has 0 fully saturated rings. The summed E-state index contributed by atoms with van der Waals surface area (Å²) in [5.74, 6) is 1.05. The summed E-state index contributed by atoms with van der Waals surface area (Å²) in [5, 5.41) is 21.8. The number of benzene rings is 4. The van der Waals surface area contributed by atoms with Crippen LogP contribution in [0.15, 0.2) is 99.1 Å². The van der Waals surface area contributed by atoms with Gasteiger partial charge in [0, 0.05) is 0 Å². The normalized spacial score (nSPS) is 11.2. The third kappa shape index (κ3) is 6.66. The van der Waals surface area contributed by atoms with Gasteiger partial charge in [-0.05, 0) is 79.3 Å². The van der Waals surface area contributed by atoms with Crippen LogP contribution in [-0.4, -0.2) is 44.0 Å². The topological polar surface area (TPSA) is 165 Å². The quantitative estimate of drug-likeness (QED) is 0.125. The largest absolute Gasteiger partial charge is 0.490 e. The van der Waals surface area contributed by atoms with Crippen molar-refractivity contribution in [3.8, 4) is 23.1 Å². The van der Waals surface area contributed by atoms with Gasteiger partial charge in [-0.15, -0.1) is 5.10 Å². The first kappa shape index (κ1) is 30.3. The summed E-state index contributed by atoms with van der Waals surface area (Å²) in [7, 11) is 0. The Morgan fingerprint density at radius 1 is 1.00 bits per heavy atom. The van der Waals surface area contributed by atoms with Gasteiger partial charge in [0.25, 0.3) is 5.91 Å². The van der Waals surface area contributed by atoms with Crippen molar-refractivity contribution in [2.75, 3.05) is 12.3 Å². The van der Waals surface area contributed by atoms with Gasteiger partial charge in [0.2, 0.25) is 11.6 Å². The van der Waals surface area contributed by atoms with E-state index in [0.29, 0.717) is 40.5 Å². The van der Waals surface area contributed by atoms with Crippen LogP contribution in [0.25, 0.3) is 16.6 Å². The van der Waals surface area contributed by atoms with Crippen LogP contribution in [0.5, 0.6) is 17.2 Å². The highest BCUT2D eigenvalue weighted by Gasteiger charge is 2.24. The molecule has 0 saturated heterocycles. The van der Waals surface area contributed by atoms with Crippen LogP contribution >= 0.6 is 15.9 Å². The second-order valence-corrected chi connectivity index (χ2v) is 10.6. The highest BCUT2D eigenvalue weighted by atomic mass is 79.9. The molecule has 0 unspecified atom stereocenters. The molecule has 232 valence electrons. The maximum atomic E-state index is 13.2. The van der Waals surface area contributed by atoms with Gasteiger partial charge >= 0.3 is 0 Å². The van der Waals surface area contributed by atoms with E-state index in [0.717, 1.165) is 16.3 Å². The molecular weight excluding hydrogens is 656 g/mol. The number of anilines is 1. The molecule has 46 heavy (non-hydrogen) atoms. The van der Waals surface area contributed by atoms with Crippen LogP contribution in [0.4, 0.5) is 5.82 Å². The minimum absolute atomic E-state index is 0.0314. The number of hydrogen-bond acceptors (Lipinski definition) is 11. The van der Waals surface area contributed by atoms with Gasteiger partial charge in [0.05, 0.1) is 17.3 Å². The van der Waals surface area contributed by atoms with E-state index >= 15 is 0 Å². The first-order valence-electron chi connectivity index (χ1n) is 14.1. The van der Waals surface area contributed by atoms with E-state index in [1.165, 1.54) is 10.9 Å². The van der Waals surface area contributed by atoms with Crippen molar-refractivity contribution in [3.63, 3.8) is 0 Å². The number of aromatic nitrogens is 5. The Balaban J connectivity index is 1.19. The lowest BCUT2D eigenvalue weighted by molar-refractivity contribution is 0.0947. The Labute approximate surface area is 271 Å². The van der Waals surface area contributed by atoms with Gasteiger partial charge in [0.15, 0.2) is 17.2 Å². The van der Waals surface area contributed by atoms with Crippen LogP contribution in [0.1, 0.15) is 34.2 Å². The number of amides is 1. The van der Waals surface area contributed by atoms with E-state index in [1.807, 2.05) is 55.5 Å². The summed E-state index contributed by atoms with van der Waals surface area (Å²) in [5.41, 5.74) is 10.3. The van der Waals surface area contributed by atoms with E-state index in [-0.39, 0.29) is 29.6 Å². The molecule has 4 aromatic carbocycles. The summed E-state index contributed by atoms with van der Waals surface area (Å²) in [6, 6.07) is 26.9. The number of ether oxygens (including phenoxy) is 3. The van der Waals surface area contributed by atoms with Crippen LogP contribution in [-0.2, 0) is 13.2 Å². The second-order valence-electron chi connectivity index (χ2n) is 9.76. The lowest BCUT2D eigenvalue weighted by atomic mass is 10.1. The highest BCUT2D eigenvalue weighted by molar-refractivity contribution is 9.10. The predicted molar refractivity (Wildman–Crippen MR) is 173 cm³/mol. The van der Waals surface area contributed by atoms with E-state index in [4.69, 9.17) is 24.6 Å². The Bertz CT molecular complexity index is 2010. The molecule has 0 aliphatic carbocycles. The van der Waals surface area contributed by atoms with Crippen molar-refractivity contribution < 1.29 is 23.6 Å². The molecule has 2 heterocycles. The summed E-state index contributed by atoms with van der Waals surface area (Å²) >= 11 is 3.60. The third-order valence-corrected chi connectivity index (χ3v) is 7.35. The SMILES string of the molecule is CCOc1cc(/C=N/NC(=O)c2nnn(-c3nonc3N)c2COc2ccccc2)cc(Br)c1OCc1cccc2ccccc12. The van der Waals surface area contributed by atoms with E-state index in [1.54, 1.807) is 18.2 Å². The third-order valence-electron chi connectivity index (χ3n) is 6.76. The minimum atomic E-state index is -0.636. The number of carbonyl (C=O) groups is 1. The summed E-state index contributed by atoms with van der Waals surface area (Å²) in [6.45, 7) is 2.57. The van der Waals surface area contributed by atoms with Crippen molar-refractivity contribution in [1.29, 1.82) is 0 Å². The number of rotatable bonds is 12. The molecule has 3 N–H and O–H groups in total. The molecule has 1 amide bonds. The van der Waals surface area contributed by atoms with Gasteiger partial charge in [-0.25, -0.2) is 10.1 Å². The van der Waals surface area contributed by atoms with Gasteiger partial charge < -0.3 is 19.9 Å². The van der Waals surface area contributed by atoms with Crippen molar-refractivity contribution in [2.24, 2.45) is 5.10 Å². The van der Waals surface area contributed by atoms with E-state index < -0.39 is 5.91 Å². The maximum Gasteiger partial charge on any atom is 0.293 e. The summed E-state index contributed by atoms with van der Waals surface area (Å²) in [4.78, 5) is 13.2. The highest BCUT2D eigenvalue weighted by Crippen LogP contribution is 2.37. The van der Waals surface area contributed by atoms with Crippen molar-refractivity contribution in [2.45, 2.75) is 20.1 Å². The monoisotopic (exact) mass is 682 g/mol. The zero-order chi connectivity index (χ0) is 31.9. The number of nitrogen functional groups attached to an aromatic ring is 1. The molecule has 0 atom stereocenters. The Morgan fingerprint density at radius 2 is 1.80 bits per heavy atom. The van der Waals surface area contributed by atoms with Crippen molar-refractivity contribution >= 4 is 44.6 Å². The van der Waals surface area contributed by atoms with Gasteiger partial charge in [-0.3, -0.25) is 4.79 Å². The fraction of sp³-hybridized carbons (Fsp3) is 0.125. The standard InChI is InChI=1S/C32H27BrN8O5/c1-2-43-27-16-20(15-25(33)29(27)45-18-22-11-8-10-21-9-6-7-14-24(21)22)17-35-37-32(42)28-26(19-44-23-12-4-3-5-13-23)41(40-36-28)31-30(34)38-46-39-31/h3-17H,2,18-19H2,1H3,(H2,34,38)(H,37,42)/b35-17+. The molecule has 6 rings (SSSR count). The molecule has 13 nitrogen and oxygen atoms in total. The number of nitrogens with zero attached hydrogens (tertiary/aromatic N) is 6. The first-order chi connectivity index (χ1) is 22.5. The Morgan fingerprint density at radius 3 is 2.61 bits per heavy atom. The maximum absolute atomic E-state index is 13.2. The number of hydrazone groups is 1. The minimum Gasteiger partial charge on any atom is -0.490 e. The average molecular weight is 684 g/mol. The molecule has 2 aromatic heterocycles. The van der Waals surface area contributed by atoms with Crippen LogP contribution in [0.2, 0.25) is 0 Å². The molecule has 0 bridgehead atoms. The second kappa shape index (κ2) is 13.9. The zero-order valence-corrected chi connectivity index (χ0v) is 26.0. The summed E-state index contributed by atoms with van der Waals surface area (Å²) in [6.07, 6.45) is 1.48. The lowest BCUT2D eigenvalue weighted by Gasteiger charge is -2.15. The van der Waals surface area contributed by atoms with E-state index in [9.17, 15) is 4.79 Å². The first-order valence-corrected chi connectivity index (χ1v) is 14.9. The number of nitrogens with one attached hydrogen (secondary N) is 1. The molecule has 0 aliphatic rings. The smallest absolute Gasteiger partial charge is 0.293 e. The molecule has 0 radical (unpaired) electrons. The summed E-state index contributed by atoms with van der Waals surface area (Å²) < 4.78 is 24.6. The van der Waals surface area contributed by atoms with Crippen LogP contribution in [0, 0.1) is 0 Å². The number of nitrogens with two attached hydrogens (primary N) is 1.